The number of hydrogen-bond donors (Lipinski definition) is 1. The number of aryl methyl sites for hydroxylation is 1. The van der Waals surface area contributed by atoms with Crippen LogP contribution in [0.2, 0.25) is 10.0 Å². The van der Waals surface area contributed by atoms with Crippen LogP contribution in [0, 0.1) is 18.3 Å². The first-order chi connectivity index (χ1) is 15.8. The van der Waals surface area contributed by atoms with E-state index in [4.69, 9.17) is 32.7 Å². The SMILES string of the molecule is COc1cc(/C=C(\C#N)C(=O)Nc2ccc(Cl)c(Cl)c2)cc(Br)c1OCc1ccc(C)cc1. The Balaban J connectivity index is 1.81. The molecule has 0 heterocycles. The monoisotopic (exact) mass is 544 g/mol. The Hall–Kier alpha value is -2.98. The molecule has 0 aliphatic heterocycles. The highest BCUT2D eigenvalue weighted by Crippen LogP contribution is 2.38. The summed E-state index contributed by atoms with van der Waals surface area (Å²) in [6.07, 6.45) is 1.46. The van der Waals surface area contributed by atoms with E-state index in [0.29, 0.717) is 43.9 Å². The normalized spacial score (nSPS) is 11.0. The molecule has 3 aromatic rings. The van der Waals surface area contributed by atoms with E-state index in [0.717, 1.165) is 5.56 Å². The van der Waals surface area contributed by atoms with Gasteiger partial charge in [-0.3, -0.25) is 4.79 Å². The minimum Gasteiger partial charge on any atom is -0.493 e. The third-order valence-electron chi connectivity index (χ3n) is 4.61. The van der Waals surface area contributed by atoms with Gasteiger partial charge in [0.25, 0.3) is 5.91 Å². The molecule has 168 valence electrons. The molecule has 0 aliphatic carbocycles. The Morgan fingerprint density at radius 1 is 1.12 bits per heavy atom. The van der Waals surface area contributed by atoms with Gasteiger partial charge in [0.2, 0.25) is 0 Å². The molecule has 0 saturated carbocycles. The van der Waals surface area contributed by atoms with Crippen LogP contribution in [-0.2, 0) is 11.4 Å². The third-order valence-corrected chi connectivity index (χ3v) is 5.94. The average Bonchev–Trinajstić information content (AvgIpc) is 2.79. The van der Waals surface area contributed by atoms with E-state index in [-0.39, 0.29) is 5.57 Å². The number of nitriles is 1. The standard InChI is InChI=1S/C25H19BrCl2N2O3/c1-15-3-5-16(6-4-15)14-33-24-20(26)10-17(11-23(24)32-2)9-18(13-29)25(31)30-19-7-8-21(27)22(28)12-19/h3-12H,14H2,1-2H3,(H,30,31)/b18-9+. The summed E-state index contributed by atoms with van der Waals surface area (Å²) in [4.78, 5) is 12.6. The Morgan fingerprint density at radius 3 is 2.48 bits per heavy atom. The quantitative estimate of drug-likeness (QED) is 0.252. The number of benzene rings is 3. The van der Waals surface area contributed by atoms with E-state index in [1.54, 1.807) is 24.3 Å². The van der Waals surface area contributed by atoms with Crippen molar-refractivity contribution in [2.75, 3.05) is 12.4 Å². The minimum atomic E-state index is -0.578. The van der Waals surface area contributed by atoms with Crippen molar-refractivity contribution in [2.24, 2.45) is 0 Å². The molecule has 1 N–H and O–H groups in total. The van der Waals surface area contributed by atoms with E-state index in [9.17, 15) is 10.1 Å². The fourth-order valence-electron chi connectivity index (χ4n) is 2.89. The molecule has 5 nitrogen and oxygen atoms in total. The minimum absolute atomic E-state index is 0.0941. The maximum Gasteiger partial charge on any atom is 0.266 e. The lowest BCUT2D eigenvalue weighted by Gasteiger charge is -2.14. The number of ether oxygens (including phenoxy) is 2. The second kappa shape index (κ2) is 11.2. The van der Waals surface area contributed by atoms with Crippen LogP contribution >= 0.6 is 39.1 Å². The van der Waals surface area contributed by atoms with Crippen LogP contribution in [0.1, 0.15) is 16.7 Å². The van der Waals surface area contributed by atoms with Gasteiger partial charge < -0.3 is 14.8 Å². The molecule has 0 radical (unpaired) electrons. The average molecular weight is 546 g/mol. The first-order valence-corrected chi connectivity index (χ1v) is 11.3. The van der Waals surface area contributed by atoms with E-state index in [1.807, 2.05) is 37.3 Å². The van der Waals surface area contributed by atoms with Gasteiger partial charge in [-0.25, -0.2) is 0 Å². The van der Waals surface area contributed by atoms with Crippen molar-refractivity contribution >= 4 is 56.8 Å². The summed E-state index contributed by atoms with van der Waals surface area (Å²) in [5.41, 5.74) is 3.11. The number of hydrogen-bond acceptors (Lipinski definition) is 4. The summed E-state index contributed by atoms with van der Waals surface area (Å²) in [5.74, 6) is 0.407. The largest absolute Gasteiger partial charge is 0.493 e. The molecule has 3 rings (SSSR count). The molecule has 0 aromatic heterocycles. The van der Waals surface area contributed by atoms with Crippen LogP contribution < -0.4 is 14.8 Å². The summed E-state index contributed by atoms with van der Waals surface area (Å²) in [5, 5.41) is 12.8. The van der Waals surface area contributed by atoms with Gasteiger partial charge in [0.05, 0.1) is 21.6 Å². The van der Waals surface area contributed by atoms with Gasteiger partial charge in [0.1, 0.15) is 18.2 Å². The zero-order chi connectivity index (χ0) is 24.0. The van der Waals surface area contributed by atoms with Crippen LogP contribution in [0.4, 0.5) is 5.69 Å². The van der Waals surface area contributed by atoms with Gasteiger partial charge in [-0.2, -0.15) is 5.26 Å². The molecule has 0 fully saturated rings. The highest BCUT2D eigenvalue weighted by atomic mass is 79.9. The maximum absolute atomic E-state index is 12.6. The van der Waals surface area contributed by atoms with Crippen molar-refractivity contribution in [3.8, 4) is 17.6 Å². The topological polar surface area (TPSA) is 71.3 Å². The predicted molar refractivity (Wildman–Crippen MR) is 135 cm³/mol. The number of anilines is 1. The van der Waals surface area contributed by atoms with Crippen molar-refractivity contribution in [3.63, 3.8) is 0 Å². The van der Waals surface area contributed by atoms with E-state index >= 15 is 0 Å². The molecule has 0 saturated heterocycles. The van der Waals surface area contributed by atoms with Crippen LogP contribution in [0.5, 0.6) is 11.5 Å². The molecule has 1 amide bonds. The van der Waals surface area contributed by atoms with Crippen molar-refractivity contribution < 1.29 is 14.3 Å². The summed E-state index contributed by atoms with van der Waals surface area (Å²) in [6.45, 7) is 2.39. The van der Waals surface area contributed by atoms with E-state index in [2.05, 4.69) is 21.2 Å². The molecule has 0 atom stereocenters. The van der Waals surface area contributed by atoms with Gasteiger partial charge in [0.15, 0.2) is 11.5 Å². The number of amides is 1. The molecule has 0 spiro atoms. The zero-order valence-electron chi connectivity index (χ0n) is 17.8. The number of carbonyl (C=O) groups is 1. The number of nitrogens with one attached hydrogen (secondary N) is 1. The van der Waals surface area contributed by atoms with Gasteiger partial charge in [-0.1, -0.05) is 53.0 Å². The summed E-state index contributed by atoms with van der Waals surface area (Å²) in [7, 11) is 1.52. The Labute approximate surface area is 210 Å². The molecule has 33 heavy (non-hydrogen) atoms. The van der Waals surface area contributed by atoms with Crippen molar-refractivity contribution in [1.29, 1.82) is 5.26 Å². The second-order valence-corrected chi connectivity index (χ2v) is 8.73. The summed E-state index contributed by atoms with van der Waals surface area (Å²) in [6, 6.07) is 18.1. The van der Waals surface area contributed by atoms with Crippen LogP contribution in [0.15, 0.2) is 64.6 Å². The maximum atomic E-state index is 12.6. The number of methoxy groups -OCH3 is 1. The number of carbonyl (C=O) groups excluding carboxylic acids is 1. The lowest BCUT2D eigenvalue weighted by molar-refractivity contribution is -0.112. The lowest BCUT2D eigenvalue weighted by atomic mass is 10.1. The van der Waals surface area contributed by atoms with E-state index in [1.165, 1.54) is 24.8 Å². The molecule has 0 bridgehead atoms. The molecule has 3 aromatic carbocycles. The van der Waals surface area contributed by atoms with Gasteiger partial charge in [-0.05, 0) is 70.4 Å². The van der Waals surface area contributed by atoms with Crippen molar-refractivity contribution in [3.05, 3.63) is 91.4 Å². The summed E-state index contributed by atoms with van der Waals surface area (Å²) < 4.78 is 12.1. The number of nitrogens with zero attached hydrogens (tertiary/aromatic N) is 1. The highest BCUT2D eigenvalue weighted by molar-refractivity contribution is 9.10. The Kier molecular flexibility index (Phi) is 8.40. The van der Waals surface area contributed by atoms with Gasteiger partial charge in [0, 0.05) is 5.69 Å². The molecular formula is C25H19BrCl2N2O3. The number of halogens is 3. The molecule has 0 unspecified atom stereocenters. The fraction of sp³-hybridized carbons (Fsp3) is 0.120. The third kappa shape index (κ3) is 6.52. The Bertz CT molecular complexity index is 1250. The first-order valence-electron chi connectivity index (χ1n) is 9.74. The second-order valence-electron chi connectivity index (χ2n) is 7.06. The smallest absolute Gasteiger partial charge is 0.266 e. The van der Waals surface area contributed by atoms with Crippen molar-refractivity contribution in [2.45, 2.75) is 13.5 Å². The van der Waals surface area contributed by atoms with Gasteiger partial charge in [-0.15, -0.1) is 0 Å². The first kappa shape index (κ1) is 24.7. The van der Waals surface area contributed by atoms with Crippen LogP contribution in [-0.4, -0.2) is 13.0 Å². The number of rotatable bonds is 7. The highest BCUT2D eigenvalue weighted by Gasteiger charge is 2.15. The Morgan fingerprint density at radius 2 is 1.85 bits per heavy atom. The molecule has 0 aliphatic rings. The fourth-order valence-corrected chi connectivity index (χ4v) is 3.76. The zero-order valence-corrected chi connectivity index (χ0v) is 20.9. The summed E-state index contributed by atoms with van der Waals surface area (Å²) >= 11 is 15.4. The lowest BCUT2D eigenvalue weighted by Crippen LogP contribution is -2.13. The van der Waals surface area contributed by atoms with Crippen LogP contribution in [0.25, 0.3) is 6.08 Å². The predicted octanol–water partition coefficient (Wildman–Crippen LogP) is 7.20. The van der Waals surface area contributed by atoms with Crippen LogP contribution in [0.3, 0.4) is 0 Å². The van der Waals surface area contributed by atoms with Crippen molar-refractivity contribution in [1.82, 2.24) is 0 Å². The molecule has 8 heteroatoms. The van der Waals surface area contributed by atoms with Gasteiger partial charge >= 0.3 is 0 Å². The molecular weight excluding hydrogens is 527 g/mol. The van der Waals surface area contributed by atoms with E-state index < -0.39 is 5.91 Å².